The van der Waals surface area contributed by atoms with Crippen molar-refractivity contribution in [2.75, 3.05) is 25.0 Å². The Morgan fingerprint density at radius 3 is 2.86 bits per heavy atom. The van der Waals surface area contributed by atoms with Crippen molar-refractivity contribution in [3.8, 4) is 0 Å². The summed E-state index contributed by atoms with van der Waals surface area (Å²) in [6, 6.07) is 15.6. The van der Waals surface area contributed by atoms with Crippen LogP contribution in [0.3, 0.4) is 0 Å². The van der Waals surface area contributed by atoms with E-state index in [-0.39, 0.29) is 0 Å². The normalized spacial score (nSPS) is 13.5. The summed E-state index contributed by atoms with van der Waals surface area (Å²) in [6.07, 6.45) is 2.28. The number of fused-ring (bicyclic) bond motifs is 1. The topological polar surface area (TPSA) is 15.3 Å². The Hall–Kier alpha value is -1.80. The van der Waals surface area contributed by atoms with Gasteiger partial charge in [-0.1, -0.05) is 42.0 Å². The van der Waals surface area contributed by atoms with Crippen LogP contribution in [0.2, 0.25) is 0 Å². The van der Waals surface area contributed by atoms with E-state index in [1.807, 2.05) is 0 Å². The number of nitrogens with one attached hydrogen (secondary N) is 1. The van der Waals surface area contributed by atoms with Crippen LogP contribution in [-0.2, 0) is 19.4 Å². The first kappa shape index (κ1) is 14.2. The SMILES string of the molecule is Cc1cccc(CCNCc2ccc3c(c2)CCN3C)c1. The molecule has 0 fully saturated rings. The van der Waals surface area contributed by atoms with E-state index in [4.69, 9.17) is 0 Å². The van der Waals surface area contributed by atoms with Gasteiger partial charge in [-0.3, -0.25) is 0 Å². The minimum atomic E-state index is 0.961. The first-order valence-electron chi connectivity index (χ1n) is 7.81. The highest BCUT2D eigenvalue weighted by Crippen LogP contribution is 2.27. The zero-order chi connectivity index (χ0) is 14.7. The molecule has 1 aliphatic heterocycles. The fourth-order valence-electron chi connectivity index (χ4n) is 3.06. The average molecular weight is 280 g/mol. The zero-order valence-corrected chi connectivity index (χ0v) is 13.0. The third kappa shape index (κ3) is 3.45. The molecule has 0 aliphatic carbocycles. The number of hydrogen-bond donors (Lipinski definition) is 1. The largest absolute Gasteiger partial charge is 0.374 e. The summed E-state index contributed by atoms with van der Waals surface area (Å²) in [6.45, 7) is 5.29. The van der Waals surface area contributed by atoms with Crippen molar-refractivity contribution in [3.05, 3.63) is 64.7 Å². The molecule has 0 aromatic heterocycles. The molecule has 0 radical (unpaired) electrons. The fourth-order valence-corrected chi connectivity index (χ4v) is 3.06. The Morgan fingerprint density at radius 1 is 1.10 bits per heavy atom. The first-order valence-corrected chi connectivity index (χ1v) is 7.81. The highest BCUT2D eigenvalue weighted by atomic mass is 15.1. The van der Waals surface area contributed by atoms with Crippen LogP contribution in [0.15, 0.2) is 42.5 Å². The fraction of sp³-hybridized carbons (Fsp3) is 0.368. The van der Waals surface area contributed by atoms with Gasteiger partial charge in [-0.05, 0) is 49.1 Å². The number of likely N-dealkylation sites (N-methyl/N-ethyl adjacent to an activating group) is 1. The molecule has 1 heterocycles. The zero-order valence-electron chi connectivity index (χ0n) is 13.0. The Kier molecular flexibility index (Phi) is 4.26. The second-order valence-corrected chi connectivity index (χ2v) is 6.05. The number of hydrogen-bond acceptors (Lipinski definition) is 2. The van der Waals surface area contributed by atoms with Crippen LogP contribution in [0.5, 0.6) is 0 Å². The van der Waals surface area contributed by atoms with Crippen LogP contribution >= 0.6 is 0 Å². The number of nitrogens with zero attached hydrogens (tertiary/aromatic N) is 1. The van der Waals surface area contributed by atoms with E-state index < -0.39 is 0 Å². The van der Waals surface area contributed by atoms with Crippen LogP contribution in [0.25, 0.3) is 0 Å². The summed E-state index contributed by atoms with van der Waals surface area (Å²) in [5.41, 5.74) is 7.05. The first-order chi connectivity index (χ1) is 10.2. The summed E-state index contributed by atoms with van der Waals surface area (Å²) in [5, 5.41) is 3.56. The van der Waals surface area contributed by atoms with Gasteiger partial charge in [0.1, 0.15) is 0 Å². The van der Waals surface area contributed by atoms with Crippen molar-refractivity contribution < 1.29 is 0 Å². The van der Waals surface area contributed by atoms with Crippen molar-refractivity contribution in [2.45, 2.75) is 26.3 Å². The lowest BCUT2D eigenvalue weighted by Crippen LogP contribution is -2.17. The van der Waals surface area contributed by atoms with E-state index in [0.717, 1.165) is 26.1 Å². The highest BCUT2D eigenvalue weighted by molar-refractivity contribution is 5.58. The maximum Gasteiger partial charge on any atom is 0.0397 e. The Balaban J connectivity index is 1.50. The predicted octanol–water partition coefficient (Wildman–Crippen LogP) is 3.32. The van der Waals surface area contributed by atoms with Crippen molar-refractivity contribution >= 4 is 5.69 Å². The Bertz CT molecular complexity index is 619. The summed E-state index contributed by atoms with van der Waals surface area (Å²) >= 11 is 0. The van der Waals surface area contributed by atoms with Gasteiger partial charge >= 0.3 is 0 Å². The van der Waals surface area contributed by atoms with Gasteiger partial charge in [0.15, 0.2) is 0 Å². The second kappa shape index (κ2) is 6.31. The molecule has 0 unspecified atom stereocenters. The Labute approximate surface area is 127 Å². The number of aryl methyl sites for hydroxylation is 1. The minimum absolute atomic E-state index is 0.961. The molecule has 2 aromatic carbocycles. The third-order valence-electron chi connectivity index (χ3n) is 4.27. The van der Waals surface area contributed by atoms with Gasteiger partial charge in [-0.2, -0.15) is 0 Å². The molecule has 0 amide bonds. The predicted molar refractivity (Wildman–Crippen MR) is 90.0 cm³/mol. The van der Waals surface area contributed by atoms with Crippen LogP contribution in [0, 0.1) is 6.92 Å². The molecular formula is C19H24N2. The van der Waals surface area contributed by atoms with Gasteiger partial charge in [0.25, 0.3) is 0 Å². The molecule has 0 saturated carbocycles. The van der Waals surface area contributed by atoms with E-state index in [0.29, 0.717) is 0 Å². The molecule has 21 heavy (non-hydrogen) atoms. The minimum Gasteiger partial charge on any atom is -0.374 e. The molecule has 2 nitrogen and oxygen atoms in total. The van der Waals surface area contributed by atoms with Gasteiger partial charge in [0, 0.05) is 25.8 Å². The average Bonchev–Trinajstić information content (AvgIpc) is 2.85. The van der Waals surface area contributed by atoms with Gasteiger partial charge in [0.2, 0.25) is 0 Å². The molecule has 2 heteroatoms. The van der Waals surface area contributed by atoms with E-state index in [2.05, 4.69) is 66.7 Å². The lowest BCUT2D eigenvalue weighted by Gasteiger charge is -2.12. The molecular weight excluding hydrogens is 256 g/mol. The molecule has 1 aliphatic rings. The van der Waals surface area contributed by atoms with E-state index in [1.54, 1.807) is 0 Å². The molecule has 1 N–H and O–H groups in total. The maximum absolute atomic E-state index is 3.56. The lowest BCUT2D eigenvalue weighted by molar-refractivity contribution is 0.686. The number of rotatable bonds is 5. The quantitative estimate of drug-likeness (QED) is 0.845. The summed E-state index contributed by atoms with van der Waals surface area (Å²) < 4.78 is 0. The van der Waals surface area contributed by atoms with Crippen LogP contribution in [0.4, 0.5) is 5.69 Å². The summed E-state index contributed by atoms with van der Waals surface area (Å²) in [4.78, 5) is 2.34. The van der Waals surface area contributed by atoms with E-state index >= 15 is 0 Å². The molecule has 0 bridgehead atoms. The van der Waals surface area contributed by atoms with Crippen molar-refractivity contribution in [3.63, 3.8) is 0 Å². The number of anilines is 1. The molecule has 0 saturated heterocycles. The van der Waals surface area contributed by atoms with Gasteiger partial charge < -0.3 is 10.2 Å². The van der Waals surface area contributed by atoms with Gasteiger partial charge in [-0.25, -0.2) is 0 Å². The van der Waals surface area contributed by atoms with Crippen LogP contribution < -0.4 is 10.2 Å². The number of benzene rings is 2. The van der Waals surface area contributed by atoms with Gasteiger partial charge in [0.05, 0.1) is 0 Å². The summed E-state index contributed by atoms with van der Waals surface area (Å²) in [7, 11) is 2.17. The standard InChI is InChI=1S/C19H24N2/c1-15-4-3-5-16(12-15)8-10-20-14-17-6-7-19-18(13-17)9-11-21(19)2/h3-7,12-13,20H,8-11,14H2,1-2H3. The lowest BCUT2D eigenvalue weighted by atomic mass is 10.1. The second-order valence-electron chi connectivity index (χ2n) is 6.05. The molecule has 0 spiro atoms. The molecule has 2 aromatic rings. The van der Waals surface area contributed by atoms with E-state index in [9.17, 15) is 0 Å². The molecule has 110 valence electrons. The third-order valence-corrected chi connectivity index (χ3v) is 4.27. The van der Waals surface area contributed by atoms with Crippen LogP contribution in [0.1, 0.15) is 22.3 Å². The van der Waals surface area contributed by atoms with Crippen molar-refractivity contribution in [2.24, 2.45) is 0 Å². The Morgan fingerprint density at radius 2 is 2.00 bits per heavy atom. The monoisotopic (exact) mass is 280 g/mol. The van der Waals surface area contributed by atoms with Crippen molar-refractivity contribution in [1.82, 2.24) is 5.32 Å². The summed E-state index contributed by atoms with van der Waals surface area (Å²) in [5.74, 6) is 0. The molecule has 0 atom stereocenters. The van der Waals surface area contributed by atoms with Crippen LogP contribution in [-0.4, -0.2) is 20.1 Å². The van der Waals surface area contributed by atoms with E-state index in [1.165, 1.54) is 34.4 Å². The maximum atomic E-state index is 3.56. The molecule has 3 rings (SSSR count). The van der Waals surface area contributed by atoms with Gasteiger partial charge in [-0.15, -0.1) is 0 Å². The highest BCUT2D eigenvalue weighted by Gasteiger charge is 2.15. The smallest absolute Gasteiger partial charge is 0.0397 e. The van der Waals surface area contributed by atoms with Crippen molar-refractivity contribution in [1.29, 1.82) is 0 Å².